The van der Waals surface area contributed by atoms with Gasteiger partial charge in [-0.05, 0) is 37.5 Å². The lowest BCUT2D eigenvalue weighted by molar-refractivity contribution is 0.0996. The van der Waals surface area contributed by atoms with Gasteiger partial charge in [-0.2, -0.15) is 0 Å². The van der Waals surface area contributed by atoms with E-state index in [0.717, 1.165) is 16.7 Å². The fourth-order valence-corrected chi connectivity index (χ4v) is 2.22. The minimum atomic E-state index is -0.666. The van der Waals surface area contributed by atoms with Crippen LogP contribution in [0, 0.1) is 20.8 Å². The second-order valence-electron chi connectivity index (χ2n) is 4.72. The summed E-state index contributed by atoms with van der Waals surface area (Å²) >= 11 is 0. The Hall–Kier alpha value is -2.37. The molecule has 0 saturated carbocycles. The van der Waals surface area contributed by atoms with Crippen LogP contribution in [0.3, 0.4) is 0 Å². The van der Waals surface area contributed by atoms with Crippen molar-refractivity contribution in [2.24, 2.45) is 5.73 Å². The number of nitrogen functional groups attached to an aromatic ring is 1. The number of aromatic nitrogens is 3. The van der Waals surface area contributed by atoms with Gasteiger partial charge in [0.15, 0.2) is 11.5 Å². The van der Waals surface area contributed by atoms with E-state index in [1.54, 1.807) is 0 Å². The lowest BCUT2D eigenvalue weighted by Crippen LogP contribution is -2.15. The van der Waals surface area contributed by atoms with Crippen LogP contribution in [0.25, 0.3) is 0 Å². The molecule has 1 amide bonds. The molecule has 1 aromatic heterocycles. The number of amides is 1. The molecule has 0 aliphatic carbocycles. The van der Waals surface area contributed by atoms with Crippen molar-refractivity contribution in [1.29, 1.82) is 0 Å². The topological polar surface area (TPSA) is 99.8 Å². The van der Waals surface area contributed by atoms with Gasteiger partial charge in [0.1, 0.15) is 0 Å². The summed E-state index contributed by atoms with van der Waals surface area (Å²) in [6.45, 7) is 6.61. The number of anilines is 1. The molecule has 0 atom stereocenters. The molecule has 0 bridgehead atoms. The number of carbonyl (C=O) groups excluding carboxylic acids is 1. The van der Waals surface area contributed by atoms with Gasteiger partial charge >= 0.3 is 0 Å². The SMILES string of the molecule is Cc1cc(C)c(Cn2nnc(C(N)=O)c2N)c(C)c1. The largest absolute Gasteiger partial charge is 0.382 e. The van der Waals surface area contributed by atoms with E-state index in [1.807, 2.05) is 13.8 Å². The van der Waals surface area contributed by atoms with Crippen LogP contribution in [0.1, 0.15) is 32.7 Å². The maximum atomic E-state index is 11.1. The zero-order valence-electron chi connectivity index (χ0n) is 11.3. The van der Waals surface area contributed by atoms with Gasteiger partial charge in [-0.3, -0.25) is 4.79 Å². The fourth-order valence-electron chi connectivity index (χ4n) is 2.22. The molecule has 0 spiro atoms. The summed E-state index contributed by atoms with van der Waals surface area (Å²) in [5, 5.41) is 7.58. The predicted molar refractivity (Wildman–Crippen MR) is 72.7 cm³/mol. The number of primary amides is 1. The molecule has 0 fully saturated rings. The van der Waals surface area contributed by atoms with Gasteiger partial charge in [0.05, 0.1) is 6.54 Å². The van der Waals surface area contributed by atoms with E-state index in [4.69, 9.17) is 11.5 Å². The Morgan fingerprint density at radius 2 is 1.84 bits per heavy atom. The molecule has 0 saturated heterocycles. The second kappa shape index (κ2) is 4.72. The molecule has 4 N–H and O–H groups in total. The Balaban J connectivity index is 2.40. The molecule has 2 rings (SSSR count). The zero-order valence-corrected chi connectivity index (χ0v) is 11.3. The zero-order chi connectivity index (χ0) is 14.2. The molecule has 1 heterocycles. The van der Waals surface area contributed by atoms with Gasteiger partial charge in [-0.25, -0.2) is 4.68 Å². The smallest absolute Gasteiger partial charge is 0.273 e. The van der Waals surface area contributed by atoms with Crippen molar-refractivity contribution in [3.8, 4) is 0 Å². The normalized spacial score (nSPS) is 10.7. The molecule has 19 heavy (non-hydrogen) atoms. The number of nitrogens with two attached hydrogens (primary N) is 2. The maximum absolute atomic E-state index is 11.1. The third-order valence-corrected chi connectivity index (χ3v) is 3.16. The van der Waals surface area contributed by atoms with Gasteiger partial charge in [0, 0.05) is 0 Å². The average molecular weight is 259 g/mol. The summed E-state index contributed by atoms with van der Waals surface area (Å²) in [5.74, 6) is -0.465. The third kappa shape index (κ3) is 2.42. The van der Waals surface area contributed by atoms with Crippen molar-refractivity contribution in [1.82, 2.24) is 15.0 Å². The molecule has 100 valence electrons. The molecule has 0 aliphatic heterocycles. The fraction of sp³-hybridized carbons (Fsp3) is 0.308. The van der Waals surface area contributed by atoms with E-state index in [0.29, 0.717) is 6.54 Å². The van der Waals surface area contributed by atoms with Gasteiger partial charge in [-0.15, -0.1) is 5.10 Å². The Kier molecular flexibility index (Phi) is 3.25. The molecule has 6 nitrogen and oxygen atoms in total. The molecule has 0 unspecified atom stereocenters. The van der Waals surface area contributed by atoms with Gasteiger partial charge in [-0.1, -0.05) is 22.9 Å². The number of benzene rings is 1. The van der Waals surface area contributed by atoms with Gasteiger partial charge < -0.3 is 11.5 Å². The average Bonchev–Trinajstić information content (AvgIpc) is 2.65. The molecule has 2 aromatic rings. The van der Waals surface area contributed by atoms with Crippen molar-refractivity contribution in [2.75, 3.05) is 5.73 Å². The highest BCUT2D eigenvalue weighted by molar-refractivity contribution is 5.94. The number of hydrogen-bond donors (Lipinski definition) is 2. The van der Waals surface area contributed by atoms with Crippen LogP contribution >= 0.6 is 0 Å². The molecule has 0 radical (unpaired) electrons. The van der Waals surface area contributed by atoms with Crippen molar-refractivity contribution in [3.63, 3.8) is 0 Å². The number of carbonyl (C=O) groups is 1. The Morgan fingerprint density at radius 3 is 2.32 bits per heavy atom. The monoisotopic (exact) mass is 259 g/mol. The van der Waals surface area contributed by atoms with Crippen LogP contribution in [0.15, 0.2) is 12.1 Å². The van der Waals surface area contributed by atoms with E-state index >= 15 is 0 Å². The molecule has 6 heteroatoms. The first-order chi connectivity index (χ1) is 8.90. The maximum Gasteiger partial charge on any atom is 0.273 e. The van der Waals surface area contributed by atoms with Crippen LogP contribution in [0.2, 0.25) is 0 Å². The minimum Gasteiger partial charge on any atom is -0.382 e. The molecule has 1 aromatic carbocycles. The van der Waals surface area contributed by atoms with Crippen molar-refractivity contribution >= 4 is 11.7 Å². The van der Waals surface area contributed by atoms with Crippen LogP contribution in [0.4, 0.5) is 5.82 Å². The van der Waals surface area contributed by atoms with Gasteiger partial charge in [0.25, 0.3) is 5.91 Å². The first-order valence-electron chi connectivity index (χ1n) is 5.95. The van der Waals surface area contributed by atoms with Crippen molar-refractivity contribution < 1.29 is 4.79 Å². The second-order valence-corrected chi connectivity index (χ2v) is 4.72. The van der Waals surface area contributed by atoms with Gasteiger partial charge in [0.2, 0.25) is 0 Å². The quantitative estimate of drug-likeness (QED) is 0.856. The summed E-state index contributed by atoms with van der Waals surface area (Å²) in [6.07, 6.45) is 0. The highest BCUT2D eigenvalue weighted by Gasteiger charge is 2.15. The standard InChI is InChI=1S/C13H17N5O/c1-7-4-8(2)10(9(3)5-7)6-18-12(14)11(13(15)19)16-17-18/h4-5H,6,14H2,1-3H3,(H2,15,19). The third-order valence-electron chi connectivity index (χ3n) is 3.16. The van der Waals surface area contributed by atoms with Crippen LogP contribution in [0.5, 0.6) is 0 Å². The van der Waals surface area contributed by atoms with E-state index in [1.165, 1.54) is 10.2 Å². The van der Waals surface area contributed by atoms with E-state index < -0.39 is 5.91 Å². The number of hydrogen-bond acceptors (Lipinski definition) is 4. The summed E-state index contributed by atoms with van der Waals surface area (Å²) in [4.78, 5) is 11.1. The van der Waals surface area contributed by atoms with Crippen LogP contribution < -0.4 is 11.5 Å². The number of nitrogens with zero attached hydrogens (tertiary/aromatic N) is 3. The highest BCUT2D eigenvalue weighted by Crippen LogP contribution is 2.19. The summed E-state index contributed by atoms with van der Waals surface area (Å²) < 4.78 is 1.49. The number of aryl methyl sites for hydroxylation is 3. The van der Waals surface area contributed by atoms with E-state index in [2.05, 4.69) is 29.4 Å². The minimum absolute atomic E-state index is 0.0161. The Morgan fingerprint density at radius 1 is 1.26 bits per heavy atom. The molecular formula is C13H17N5O. The van der Waals surface area contributed by atoms with E-state index in [-0.39, 0.29) is 11.5 Å². The summed E-state index contributed by atoms with van der Waals surface area (Å²) in [5.41, 5.74) is 15.7. The lowest BCUT2D eigenvalue weighted by Gasteiger charge is -2.11. The first-order valence-corrected chi connectivity index (χ1v) is 5.95. The Bertz CT molecular complexity index is 621. The lowest BCUT2D eigenvalue weighted by atomic mass is 10.00. The first kappa shape index (κ1) is 13.1. The molecule has 0 aliphatic rings. The van der Waals surface area contributed by atoms with Crippen molar-refractivity contribution in [2.45, 2.75) is 27.3 Å². The predicted octanol–water partition coefficient (Wildman–Crippen LogP) is 0.933. The van der Waals surface area contributed by atoms with Crippen LogP contribution in [-0.4, -0.2) is 20.9 Å². The van der Waals surface area contributed by atoms with Crippen molar-refractivity contribution in [3.05, 3.63) is 40.1 Å². The summed E-state index contributed by atoms with van der Waals surface area (Å²) in [6, 6.07) is 4.20. The van der Waals surface area contributed by atoms with Crippen LogP contribution in [-0.2, 0) is 6.54 Å². The number of rotatable bonds is 3. The highest BCUT2D eigenvalue weighted by atomic mass is 16.1. The summed E-state index contributed by atoms with van der Waals surface area (Å²) in [7, 11) is 0. The molecular weight excluding hydrogens is 242 g/mol. The Labute approximate surface area is 111 Å². The van der Waals surface area contributed by atoms with E-state index in [9.17, 15) is 4.79 Å².